The SMILES string of the molecule is CC(=O)O.CN1CC2(CCN(C(=O)Cc3cccc(F)c3F)CC2)OCCC1=O. The van der Waals surface area contributed by atoms with E-state index in [0.717, 1.165) is 13.0 Å². The van der Waals surface area contributed by atoms with E-state index in [1.54, 1.807) is 16.8 Å². The summed E-state index contributed by atoms with van der Waals surface area (Å²) in [6.07, 6.45) is 1.47. The minimum absolute atomic E-state index is 0.0666. The van der Waals surface area contributed by atoms with Crippen molar-refractivity contribution in [3.8, 4) is 0 Å². The second-order valence-corrected chi connectivity index (χ2v) is 7.32. The Kier molecular flexibility index (Phi) is 7.66. The first-order valence-electron chi connectivity index (χ1n) is 9.42. The van der Waals surface area contributed by atoms with Crippen LogP contribution < -0.4 is 0 Å². The molecule has 0 unspecified atom stereocenters. The number of hydrogen-bond acceptors (Lipinski definition) is 4. The Morgan fingerprint density at radius 2 is 1.86 bits per heavy atom. The molecule has 3 rings (SSSR count). The first-order chi connectivity index (χ1) is 13.6. The Balaban J connectivity index is 0.000000687. The number of amides is 2. The Labute approximate surface area is 168 Å². The van der Waals surface area contributed by atoms with Gasteiger partial charge in [0.25, 0.3) is 5.97 Å². The number of halogens is 2. The van der Waals surface area contributed by atoms with Gasteiger partial charge < -0.3 is 19.6 Å². The Hall–Kier alpha value is -2.55. The predicted molar refractivity (Wildman–Crippen MR) is 100 cm³/mol. The molecule has 1 aromatic rings. The molecule has 1 aromatic carbocycles. The number of likely N-dealkylation sites (tertiary alicyclic amines) is 1. The van der Waals surface area contributed by atoms with Crippen LogP contribution >= 0.6 is 0 Å². The molecule has 1 N–H and O–H groups in total. The highest BCUT2D eigenvalue weighted by atomic mass is 19.2. The number of carbonyl (C=O) groups is 3. The van der Waals surface area contributed by atoms with Crippen molar-refractivity contribution in [2.24, 2.45) is 0 Å². The van der Waals surface area contributed by atoms with Gasteiger partial charge in [-0.1, -0.05) is 12.1 Å². The van der Waals surface area contributed by atoms with Crippen molar-refractivity contribution in [1.82, 2.24) is 9.80 Å². The number of carboxylic acid groups (broad SMARTS) is 1. The fraction of sp³-hybridized carbons (Fsp3) is 0.550. The maximum absolute atomic E-state index is 13.7. The molecular formula is C20H26F2N2O5. The topological polar surface area (TPSA) is 87.2 Å². The van der Waals surface area contributed by atoms with Crippen LogP contribution in [0.2, 0.25) is 0 Å². The van der Waals surface area contributed by atoms with Crippen molar-refractivity contribution in [3.05, 3.63) is 35.4 Å². The molecule has 1 spiro atoms. The van der Waals surface area contributed by atoms with Crippen LogP contribution in [0.5, 0.6) is 0 Å². The molecule has 2 aliphatic heterocycles. The van der Waals surface area contributed by atoms with Crippen LogP contribution in [0.25, 0.3) is 0 Å². The Bertz CT molecular complexity index is 759. The van der Waals surface area contributed by atoms with Gasteiger partial charge in [-0.3, -0.25) is 14.4 Å². The summed E-state index contributed by atoms with van der Waals surface area (Å²) in [5, 5.41) is 7.42. The van der Waals surface area contributed by atoms with Crippen LogP contribution in [0.15, 0.2) is 18.2 Å². The average molecular weight is 412 g/mol. The highest BCUT2D eigenvalue weighted by Crippen LogP contribution is 2.30. The molecule has 0 bridgehead atoms. The molecule has 2 saturated heterocycles. The molecule has 160 valence electrons. The van der Waals surface area contributed by atoms with Gasteiger partial charge in [0.2, 0.25) is 11.8 Å². The third kappa shape index (κ3) is 6.22. The third-order valence-electron chi connectivity index (χ3n) is 5.08. The number of ether oxygens (including phenoxy) is 1. The van der Waals surface area contributed by atoms with Gasteiger partial charge in [-0.25, -0.2) is 8.78 Å². The van der Waals surface area contributed by atoms with E-state index in [1.807, 2.05) is 0 Å². The van der Waals surface area contributed by atoms with E-state index in [1.165, 1.54) is 12.1 Å². The monoisotopic (exact) mass is 412 g/mol. The number of benzene rings is 1. The van der Waals surface area contributed by atoms with Gasteiger partial charge in [0.1, 0.15) is 0 Å². The second-order valence-electron chi connectivity index (χ2n) is 7.32. The van der Waals surface area contributed by atoms with Crippen molar-refractivity contribution in [3.63, 3.8) is 0 Å². The number of piperidine rings is 1. The van der Waals surface area contributed by atoms with E-state index in [-0.39, 0.29) is 23.8 Å². The van der Waals surface area contributed by atoms with Crippen LogP contribution in [-0.2, 0) is 25.5 Å². The van der Waals surface area contributed by atoms with E-state index in [9.17, 15) is 18.4 Å². The van der Waals surface area contributed by atoms with Gasteiger partial charge in [-0.15, -0.1) is 0 Å². The van der Waals surface area contributed by atoms with Crippen molar-refractivity contribution in [2.75, 3.05) is 33.3 Å². The molecule has 7 nitrogen and oxygen atoms in total. The number of rotatable bonds is 2. The van der Waals surface area contributed by atoms with Gasteiger partial charge in [-0.05, 0) is 18.9 Å². The number of hydrogen-bond donors (Lipinski definition) is 1. The largest absolute Gasteiger partial charge is 0.481 e. The van der Waals surface area contributed by atoms with Gasteiger partial charge in [0.15, 0.2) is 11.6 Å². The summed E-state index contributed by atoms with van der Waals surface area (Å²) in [4.78, 5) is 36.6. The highest BCUT2D eigenvalue weighted by Gasteiger charge is 2.40. The minimum atomic E-state index is -0.962. The molecule has 9 heteroatoms. The average Bonchev–Trinajstić information content (AvgIpc) is 2.78. The summed E-state index contributed by atoms with van der Waals surface area (Å²) in [6, 6.07) is 3.87. The standard InChI is InChI=1S/C18H22F2N2O3.C2H4O2/c1-21-12-18(25-10-5-15(21)23)6-8-22(9-7-18)16(24)11-13-3-2-4-14(19)17(13)20;1-2(3)4/h2-4H,5-12H2,1H3;1H3,(H,3,4). The van der Waals surface area contributed by atoms with Crippen molar-refractivity contribution in [1.29, 1.82) is 0 Å². The van der Waals surface area contributed by atoms with Crippen LogP contribution in [-0.4, -0.2) is 71.6 Å². The van der Waals surface area contributed by atoms with Gasteiger partial charge in [0, 0.05) is 39.2 Å². The summed E-state index contributed by atoms with van der Waals surface area (Å²) in [6.45, 7) is 2.97. The quantitative estimate of drug-likeness (QED) is 0.801. The molecule has 2 fully saturated rings. The maximum atomic E-state index is 13.7. The van der Waals surface area contributed by atoms with E-state index in [4.69, 9.17) is 14.6 Å². The summed E-state index contributed by atoms with van der Waals surface area (Å²) < 4.78 is 32.9. The van der Waals surface area contributed by atoms with Crippen molar-refractivity contribution >= 4 is 17.8 Å². The molecule has 0 radical (unpaired) electrons. The Morgan fingerprint density at radius 1 is 1.24 bits per heavy atom. The van der Waals surface area contributed by atoms with Crippen molar-refractivity contribution < 1.29 is 33.0 Å². The van der Waals surface area contributed by atoms with E-state index >= 15 is 0 Å². The molecular weight excluding hydrogens is 386 g/mol. The van der Waals surface area contributed by atoms with E-state index in [0.29, 0.717) is 45.5 Å². The zero-order valence-electron chi connectivity index (χ0n) is 16.6. The number of carboxylic acids is 1. The molecule has 29 heavy (non-hydrogen) atoms. The first-order valence-corrected chi connectivity index (χ1v) is 9.42. The Morgan fingerprint density at radius 3 is 2.48 bits per heavy atom. The lowest BCUT2D eigenvalue weighted by molar-refractivity contribution is -0.139. The second kappa shape index (κ2) is 9.78. The van der Waals surface area contributed by atoms with Crippen LogP contribution in [0.1, 0.15) is 31.7 Å². The predicted octanol–water partition coefficient (Wildman–Crippen LogP) is 1.84. The molecule has 0 aliphatic carbocycles. The molecule has 2 amide bonds. The number of nitrogens with zero attached hydrogens (tertiary/aromatic N) is 2. The van der Waals surface area contributed by atoms with Gasteiger partial charge in [0.05, 0.1) is 25.0 Å². The molecule has 0 saturated carbocycles. The fourth-order valence-corrected chi connectivity index (χ4v) is 3.54. The van der Waals surface area contributed by atoms with Gasteiger partial charge >= 0.3 is 0 Å². The van der Waals surface area contributed by atoms with Crippen molar-refractivity contribution in [2.45, 2.75) is 38.2 Å². The summed E-state index contributed by atoms with van der Waals surface area (Å²) in [5.41, 5.74) is -0.344. The zero-order chi connectivity index (χ0) is 21.6. The van der Waals surface area contributed by atoms with Crippen LogP contribution in [0.4, 0.5) is 8.78 Å². The highest BCUT2D eigenvalue weighted by molar-refractivity contribution is 5.79. The number of carbonyl (C=O) groups excluding carboxylic acids is 2. The summed E-state index contributed by atoms with van der Waals surface area (Å²) in [5.74, 6) is -2.90. The smallest absolute Gasteiger partial charge is 0.300 e. The number of aliphatic carboxylic acids is 1. The van der Waals surface area contributed by atoms with E-state index < -0.39 is 23.2 Å². The first kappa shape index (κ1) is 22.7. The molecule has 2 aliphatic rings. The fourth-order valence-electron chi connectivity index (χ4n) is 3.54. The van der Waals surface area contributed by atoms with Crippen LogP contribution in [0, 0.1) is 11.6 Å². The molecule has 0 aromatic heterocycles. The van der Waals surface area contributed by atoms with E-state index in [2.05, 4.69) is 0 Å². The van der Waals surface area contributed by atoms with Crippen LogP contribution in [0.3, 0.4) is 0 Å². The summed E-state index contributed by atoms with van der Waals surface area (Å²) >= 11 is 0. The lowest BCUT2D eigenvalue weighted by atomic mass is 9.90. The normalized spacial score (nSPS) is 18.7. The zero-order valence-corrected chi connectivity index (χ0v) is 16.6. The lowest BCUT2D eigenvalue weighted by Crippen LogP contribution is -2.52. The maximum Gasteiger partial charge on any atom is 0.300 e. The third-order valence-corrected chi connectivity index (χ3v) is 5.08. The number of likely N-dealkylation sites (N-methyl/N-ethyl adjacent to an activating group) is 1. The van der Waals surface area contributed by atoms with Gasteiger partial charge in [-0.2, -0.15) is 0 Å². The molecule has 2 heterocycles. The minimum Gasteiger partial charge on any atom is -0.481 e. The summed E-state index contributed by atoms with van der Waals surface area (Å²) in [7, 11) is 1.77. The lowest BCUT2D eigenvalue weighted by Gasteiger charge is -2.42. The molecule has 0 atom stereocenters.